The molecule has 0 saturated carbocycles. The predicted molar refractivity (Wildman–Crippen MR) is 92.3 cm³/mol. The van der Waals surface area contributed by atoms with E-state index in [1.165, 1.54) is 22.5 Å². The van der Waals surface area contributed by atoms with E-state index >= 15 is 0 Å². The van der Waals surface area contributed by atoms with Crippen LogP contribution in [0.1, 0.15) is 23.2 Å². The highest BCUT2D eigenvalue weighted by molar-refractivity contribution is 7.91. The molecule has 0 bridgehead atoms. The zero-order valence-corrected chi connectivity index (χ0v) is 15.3. The van der Waals surface area contributed by atoms with Crippen LogP contribution in [0.3, 0.4) is 0 Å². The summed E-state index contributed by atoms with van der Waals surface area (Å²) >= 11 is 12.6. The summed E-state index contributed by atoms with van der Waals surface area (Å²) in [7, 11) is -3.65. The fraction of sp³-hybridized carbons (Fsp3) is 0.308. The Morgan fingerprint density at radius 1 is 1.21 bits per heavy atom. The third-order valence-electron chi connectivity index (χ3n) is 3.43. The number of hydrogen-bond donors (Lipinski definition) is 1. The molecule has 1 aliphatic rings. The molecule has 0 radical (unpaired) electrons. The zero-order chi connectivity index (χ0) is 17.3. The van der Waals surface area contributed by atoms with Crippen LogP contribution in [0.4, 0.5) is 5.13 Å². The number of nitrogens with zero attached hydrogens (tertiary/aromatic N) is 3. The Morgan fingerprint density at radius 2 is 1.92 bits per heavy atom. The van der Waals surface area contributed by atoms with Crippen molar-refractivity contribution in [1.29, 1.82) is 0 Å². The maximum absolute atomic E-state index is 12.4. The van der Waals surface area contributed by atoms with Gasteiger partial charge >= 0.3 is 0 Å². The Balaban J connectivity index is 1.77. The molecule has 0 unspecified atom stereocenters. The van der Waals surface area contributed by atoms with Crippen LogP contribution in [0.2, 0.25) is 10.0 Å². The number of benzene rings is 1. The molecule has 2 aromatic rings. The molecule has 11 heteroatoms. The number of nitrogens with one attached hydrogen (secondary N) is 1. The molecular weight excluding hydrogens is 395 g/mol. The van der Waals surface area contributed by atoms with Gasteiger partial charge in [-0.1, -0.05) is 34.5 Å². The summed E-state index contributed by atoms with van der Waals surface area (Å²) in [4.78, 5) is 12.2. The van der Waals surface area contributed by atoms with Crippen molar-refractivity contribution in [1.82, 2.24) is 14.5 Å². The van der Waals surface area contributed by atoms with Crippen molar-refractivity contribution in [2.24, 2.45) is 0 Å². The average Bonchev–Trinajstić information content (AvgIpc) is 3.18. The molecule has 1 aliphatic heterocycles. The van der Waals surface area contributed by atoms with Gasteiger partial charge in [-0.15, -0.1) is 10.2 Å². The number of anilines is 1. The summed E-state index contributed by atoms with van der Waals surface area (Å²) in [6.07, 6.45) is 1.66. The maximum atomic E-state index is 12.4. The van der Waals surface area contributed by atoms with E-state index in [9.17, 15) is 13.2 Å². The second-order valence-corrected chi connectivity index (χ2v) is 9.00. The molecule has 3 rings (SSSR count). The summed E-state index contributed by atoms with van der Waals surface area (Å²) in [5.74, 6) is -0.516. The predicted octanol–water partition coefficient (Wildman–Crippen LogP) is 2.88. The smallest absolute Gasteiger partial charge is 0.272 e. The Labute approximate surface area is 152 Å². The number of aromatic nitrogens is 2. The summed E-state index contributed by atoms with van der Waals surface area (Å²) in [6, 6.07) is 4.45. The van der Waals surface area contributed by atoms with Gasteiger partial charge in [-0.3, -0.25) is 10.1 Å². The molecule has 1 aromatic carbocycles. The van der Waals surface area contributed by atoms with Crippen molar-refractivity contribution in [3.05, 3.63) is 33.8 Å². The van der Waals surface area contributed by atoms with Gasteiger partial charge in [-0.05, 0) is 31.0 Å². The fourth-order valence-corrected chi connectivity index (χ4v) is 5.29. The third kappa shape index (κ3) is 3.55. The molecule has 1 aromatic heterocycles. The first-order valence-electron chi connectivity index (χ1n) is 6.98. The lowest BCUT2D eigenvalue weighted by molar-refractivity contribution is 0.102. The second-order valence-electron chi connectivity index (χ2n) is 5.06. The highest BCUT2D eigenvalue weighted by Gasteiger charge is 2.31. The summed E-state index contributed by atoms with van der Waals surface area (Å²) < 4.78 is 26.0. The normalized spacial score (nSPS) is 15.6. The van der Waals surface area contributed by atoms with Crippen LogP contribution in [0, 0.1) is 0 Å². The van der Waals surface area contributed by atoms with Crippen LogP contribution in [0.25, 0.3) is 0 Å². The van der Waals surface area contributed by atoms with Crippen molar-refractivity contribution >= 4 is 55.6 Å². The van der Waals surface area contributed by atoms with Crippen LogP contribution < -0.4 is 5.32 Å². The number of carbonyl (C=O) groups excluding carboxylic acids is 1. The molecule has 0 aliphatic carbocycles. The van der Waals surface area contributed by atoms with E-state index in [-0.39, 0.29) is 20.1 Å². The van der Waals surface area contributed by atoms with Gasteiger partial charge in [-0.2, -0.15) is 4.31 Å². The van der Waals surface area contributed by atoms with Gasteiger partial charge in [0.2, 0.25) is 9.47 Å². The Hall–Kier alpha value is -1.26. The van der Waals surface area contributed by atoms with Crippen LogP contribution >= 0.6 is 34.5 Å². The van der Waals surface area contributed by atoms with E-state index in [2.05, 4.69) is 15.5 Å². The van der Waals surface area contributed by atoms with Gasteiger partial charge in [0.25, 0.3) is 15.9 Å². The number of rotatable bonds is 4. The van der Waals surface area contributed by atoms with E-state index in [0.29, 0.717) is 18.1 Å². The first-order valence-corrected chi connectivity index (χ1v) is 9.99. The minimum absolute atomic E-state index is 0.0868. The van der Waals surface area contributed by atoms with Crippen molar-refractivity contribution in [3.63, 3.8) is 0 Å². The fourth-order valence-electron chi connectivity index (χ4n) is 2.24. The summed E-state index contributed by atoms with van der Waals surface area (Å²) in [5, 5.41) is 10.6. The van der Waals surface area contributed by atoms with E-state index in [4.69, 9.17) is 23.2 Å². The number of halogens is 2. The number of sulfonamides is 1. The van der Waals surface area contributed by atoms with Crippen LogP contribution in [-0.2, 0) is 10.0 Å². The topological polar surface area (TPSA) is 92.3 Å². The Bertz CT molecular complexity index is 879. The molecular formula is C13H12Cl2N4O3S2. The Morgan fingerprint density at radius 3 is 2.58 bits per heavy atom. The van der Waals surface area contributed by atoms with Crippen LogP contribution in [-0.4, -0.2) is 41.9 Å². The van der Waals surface area contributed by atoms with Gasteiger partial charge in [0.05, 0.1) is 10.6 Å². The van der Waals surface area contributed by atoms with Gasteiger partial charge < -0.3 is 0 Å². The SMILES string of the molecule is O=C(Nc1nnc(S(=O)(=O)N2CCCC2)s1)c1ccc(Cl)cc1Cl. The molecule has 1 fully saturated rings. The quantitative estimate of drug-likeness (QED) is 0.787. The van der Waals surface area contributed by atoms with E-state index in [1.807, 2.05) is 0 Å². The second kappa shape index (κ2) is 6.93. The van der Waals surface area contributed by atoms with Gasteiger partial charge in [0.1, 0.15) is 0 Å². The maximum Gasteiger partial charge on any atom is 0.272 e. The lowest BCUT2D eigenvalue weighted by Crippen LogP contribution is -2.27. The number of hydrogen-bond acceptors (Lipinski definition) is 6. The van der Waals surface area contributed by atoms with Crippen molar-refractivity contribution in [3.8, 4) is 0 Å². The van der Waals surface area contributed by atoms with Crippen LogP contribution in [0.5, 0.6) is 0 Å². The minimum Gasteiger partial charge on any atom is -0.296 e. The number of carbonyl (C=O) groups is 1. The monoisotopic (exact) mass is 406 g/mol. The van der Waals surface area contributed by atoms with Gasteiger partial charge in [0.15, 0.2) is 0 Å². The Kier molecular flexibility index (Phi) is 5.07. The highest BCUT2D eigenvalue weighted by Crippen LogP contribution is 2.27. The molecule has 7 nitrogen and oxygen atoms in total. The van der Waals surface area contributed by atoms with E-state index < -0.39 is 15.9 Å². The zero-order valence-electron chi connectivity index (χ0n) is 12.2. The minimum atomic E-state index is -3.65. The van der Waals surface area contributed by atoms with Gasteiger partial charge in [-0.25, -0.2) is 8.42 Å². The largest absolute Gasteiger partial charge is 0.296 e. The molecule has 0 spiro atoms. The highest BCUT2D eigenvalue weighted by atomic mass is 35.5. The lowest BCUT2D eigenvalue weighted by Gasteiger charge is -2.11. The first-order chi connectivity index (χ1) is 11.4. The van der Waals surface area contributed by atoms with Crippen LogP contribution in [0.15, 0.2) is 22.5 Å². The first kappa shape index (κ1) is 17.6. The lowest BCUT2D eigenvalue weighted by atomic mass is 10.2. The van der Waals surface area contributed by atoms with Crippen molar-refractivity contribution < 1.29 is 13.2 Å². The molecule has 2 heterocycles. The van der Waals surface area contributed by atoms with E-state index in [0.717, 1.165) is 24.2 Å². The number of amides is 1. The molecule has 1 amide bonds. The van der Waals surface area contributed by atoms with Crippen molar-refractivity contribution in [2.45, 2.75) is 17.2 Å². The molecule has 0 atom stereocenters. The third-order valence-corrected chi connectivity index (χ3v) is 7.06. The summed E-state index contributed by atoms with van der Waals surface area (Å²) in [5.41, 5.74) is 0.209. The summed E-state index contributed by atoms with van der Waals surface area (Å²) in [6.45, 7) is 0.952. The molecule has 128 valence electrons. The average molecular weight is 407 g/mol. The molecule has 24 heavy (non-hydrogen) atoms. The standard InChI is InChI=1S/C13H12Cl2N4O3S2/c14-8-3-4-9(10(15)7-8)11(20)16-12-17-18-13(23-12)24(21,22)19-5-1-2-6-19/h3-4,7H,1-2,5-6H2,(H,16,17,20). The van der Waals surface area contributed by atoms with Crippen molar-refractivity contribution in [2.75, 3.05) is 18.4 Å². The van der Waals surface area contributed by atoms with E-state index in [1.54, 1.807) is 0 Å². The molecule has 1 N–H and O–H groups in total. The van der Waals surface area contributed by atoms with Gasteiger partial charge in [0, 0.05) is 18.1 Å². The molecule has 1 saturated heterocycles.